The van der Waals surface area contributed by atoms with Crippen LogP contribution in [0, 0.1) is 0 Å². The molecule has 0 amide bonds. The molecule has 0 aliphatic rings. The first-order valence-electron chi connectivity index (χ1n) is 5.02. The van der Waals surface area contributed by atoms with Gasteiger partial charge in [0, 0.05) is 11.3 Å². The molecule has 0 bridgehead atoms. The monoisotopic (exact) mass is 235 g/mol. The summed E-state index contributed by atoms with van der Waals surface area (Å²) in [6, 6.07) is 4.18. The van der Waals surface area contributed by atoms with Gasteiger partial charge < -0.3 is 11.5 Å². The fourth-order valence-corrected chi connectivity index (χ4v) is 2.20. The van der Waals surface area contributed by atoms with E-state index in [9.17, 15) is 0 Å². The Morgan fingerprint density at radius 3 is 2.44 bits per heavy atom. The van der Waals surface area contributed by atoms with Crippen molar-refractivity contribution < 1.29 is 0 Å². The maximum atomic E-state index is 5.49. The first-order chi connectivity index (χ1) is 7.74. The predicted octanol–water partition coefficient (Wildman–Crippen LogP) is 1.27. The second-order valence-electron chi connectivity index (χ2n) is 3.40. The first kappa shape index (κ1) is 10.8. The molecule has 2 heterocycles. The van der Waals surface area contributed by atoms with Crippen molar-refractivity contribution in [1.29, 1.82) is 0 Å². The molecule has 4 N–H and O–H groups in total. The molecular formula is C10H13N5S. The standard InChI is InChI=1S/C10H13N5S/c11-9-13-8(14-10(12)15-9)5-1-3-7-4-2-6-16-7/h2,4,6H,1,3,5H2,(H4,11,12,13,14,15). The summed E-state index contributed by atoms with van der Waals surface area (Å²) >= 11 is 1.76. The number of thiophene rings is 1. The normalized spacial score (nSPS) is 10.5. The van der Waals surface area contributed by atoms with E-state index in [1.807, 2.05) is 0 Å². The van der Waals surface area contributed by atoms with Gasteiger partial charge in [-0.05, 0) is 24.3 Å². The van der Waals surface area contributed by atoms with Crippen molar-refractivity contribution in [2.24, 2.45) is 0 Å². The van der Waals surface area contributed by atoms with Crippen LogP contribution in [0.1, 0.15) is 17.1 Å². The average molecular weight is 235 g/mol. The largest absolute Gasteiger partial charge is 0.368 e. The summed E-state index contributed by atoms with van der Waals surface area (Å²) in [4.78, 5) is 13.2. The Morgan fingerprint density at radius 1 is 1.06 bits per heavy atom. The van der Waals surface area contributed by atoms with E-state index in [1.165, 1.54) is 4.88 Å². The topological polar surface area (TPSA) is 90.7 Å². The van der Waals surface area contributed by atoms with Crippen LogP contribution in [-0.2, 0) is 12.8 Å². The Kier molecular flexibility index (Phi) is 3.31. The van der Waals surface area contributed by atoms with Crippen LogP contribution < -0.4 is 11.5 Å². The van der Waals surface area contributed by atoms with Gasteiger partial charge in [-0.3, -0.25) is 0 Å². The molecule has 5 nitrogen and oxygen atoms in total. The van der Waals surface area contributed by atoms with Crippen LogP contribution in [0.15, 0.2) is 17.5 Å². The highest BCUT2D eigenvalue weighted by atomic mass is 32.1. The van der Waals surface area contributed by atoms with E-state index in [2.05, 4.69) is 32.5 Å². The van der Waals surface area contributed by atoms with Gasteiger partial charge in [0.05, 0.1) is 0 Å². The summed E-state index contributed by atoms with van der Waals surface area (Å²) in [5, 5.41) is 2.08. The van der Waals surface area contributed by atoms with Crippen LogP contribution in [0.2, 0.25) is 0 Å². The Morgan fingerprint density at radius 2 is 1.81 bits per heavy atom. The summed E-state index contributed by atoms with van der Waals surface area (Å²) in [5.74, 6) is 1.05. The number of hydrogen-bond acceptors (Lipinski definition) is 6. The first-order valence-corrected chi connectivity index (χ1v) is 5.90. The van der Waals surface area contributed by atoms with E-state index in [-0.39, 0.29) is 11.9 Å². The van der Waals surface area contributed by atoms with Gasteiger partial charge in [0.15, 0.2) is 0 Å². The molecule has 0 aliphatic heterocycles. The van der Waals surface area contributed by atoms with E-state index < -0.39 is 0 Å². The van der Waals surface area contributed by atoms with Crippen LogP contribution in [0.25, 0.3) is 0 Å². The molecule has 0 saturated heterocycles. The maximum absolute atomic E-state index is 5.49. The number of nitrogens with zero attached hydrogens (tertiary/aromatic N) is 3. The second kappa shape index (κ2) is 4.89. The van der Waals surface area contributed by atoms with Crippen LogP contribution >= 0.6 is 11.3 Å². The predicted molar refractivity (Wildman–Crippen MR) is 65.0 cm³/mol. The van der Waals surface area contributed by atoms with Gasteiger partial charge in [-0.25, -0.2) is 0 Å². The minimum absolute atomic E-state index is 0.193. The molecule has 0 radical (unpaired) electrons. The molecule has 0 atom stereocenters. The van der Waals surface area contributed by atoms with Crippen molar-refractivity contribution >= 4 is 23.2 Å². The van der Waals surface area contributed by atoms with Crippen molar-refractivity contribution in [1.82, 2.24) is 15.0 Å². The molecule has 2 aromatic heterocycles. The van der Waals surface area contributed by atoms with E-state index in [4.69, 9.17) is 11.5 Å². The number of aryl methyl sites for hydroxylation is 2. The Hall–Kier alpha value is -1.69. The Labute approximate surface area is 97.6 Å². The number of aromatic nitrogens is 3. The van der Waals surface area contributed by atoms with Crippen molar-refractivity contribution in [2.45, 2.75) is 19.3 Å². The summed E-state index contributed by atoms with van der Waals surface area (Å²) in [7, 11) is 0. The third kappa shape index (κ3) is 2.90. The van der Waals surface area contributed by atoms with Crippen molar-refractivity contribution in [3.05, 3.63) is 28.2 Å². The molecule has 6 heteroatoms. The van der Waals surface area contributed by atoms with Crippen molar-refractivity contribution in [2.75, 3.05) is 11.5 Å². The fourth-order valence-electron chi connectivity index (χ4n) is 1.44. The SMILES string of the molecule is Nc1nc(N)nc(CCCc2cccs2)n1. The zero-order chi connectivity index (χ0) is 11.4. The highest BCUT2D eigenvalue weighted by molar-refractivity contribution is 7.09. The number of anilines is 2. The van der Waals surface area contributed by atoms with Gasteiger partial charge >= 0.3 is 0 Å². The number of nitrogen functional groups attached to an aromatic ring is 2. The minimum Gasteiger partial charge on any atom is -0.368 e. The van der Waals surface area contributed by atoms with Gasteiger partial charge in [-0.2, -0.15) is 15.0 Å². The molecule has 84 valence electrons. The van der Waals surface area contributed by atoms with Crippen molar-refractivity contribution in [3.8, 4) is 0 Å². The zero-order valence-corrected chi connectivity index (χ0v) is 9.57. The molecule has 16 heavy (non-hydrogen) atoms. The van der Waals surface area contributed by atoms with E-state index in [1.54, 1.807) is 11.3 Å². The summed E-state index contributed by atoms with van der Waals surface area (Å²) in [6.07, 6.45) is 2.79. The number of rotatable bonds is 4. The second-order valence-corrected chi connectivity index (χ2v) is 4.43. The van der Waals surface area contributed by atoms with Gasteiger partial charge in [-0.15, -0.1) is 11.3 Å². The van der Waals surface area contributed by atoms with Gasteiger partial charge in [0.1, 0.15) is 5.82 Å². The lowest BCUT2D eigenvalue weighted by Gasteiger charge is -2.01. The molecule has 2 rings (SSSR count). The third-order valence-electron chi connectivity index (χ3n) is 2.12. The van der Waals surface area contributed by atoms with Crippen LogP contribution in [0.5, 0.6) is 0 Å². The zero-order valence-electron chi connectivity index (χ0n) is 8.76. The molecule has 0 spiro atoms. The summed E-state index contributed by atoms with van der Waals surface area (Å²) < 4.78 is 0. The molecule has 2 aromatic rings. The molecule has 0 unspecified atom stereocenters. The van der Waals surface area contributed by atoms with Crippen LogP contribution in [0.4, 0.5) is 11.9 Å². The smallest absolute Gasteiger partial charge is 0.225 e. The van der Waals surface area contributed by atoms with Crippen LogP contribution in [0.3, 0.4) is 0 Å². The van der Waals surface area contributed by atoms with E-state index >= 15 is 0 Å². The lowest BCUT2D eigenvalue weighted by atomic mass is 10.2. The van der Waals surface area contributed by atoms with Crippen molar-refractivity contribution in [3.63, 3.8) is 0 Å². The number of hydrogen-bond donors (Lipinski definition) is 2. The highest BCUT2D eigenvalue weighted by Crippen LogP contribution is 2.12. The molecule has 0 saturated carbocycles. The quantitative estimate of drug-likeness (QED) is 0.832. The van der Waals surface area contributed by atoms with E-state index in [0.29, 0.717) is 5.82 Å². The lowest BCUT2D eigenvalue weighted by molar-refractivity contribution is 0.773. The summed E-state index contributed by atoms with van der Waals surface area (Å²) in [5.41, 5.74) is 11.0. The van der Waals surface area contributed by atoms with Crippen LogP contribution in [-0.4, -0.2) is 15.0 Å². The van der Waals surface area contributed by atoms with E-state index in [0.717, 1.165) is 19.3 Å². The molecule has 0 fully saturated rings. The summed E-state index contributed by atoms with van der Waals surface area (Å²) in [6.45, 7) is 0. The molecule has 0 aromatic carbocycles. The Balaban J connectivity index is 1.89. The van der Waals surface area contributed by atoms with Gasteiger partial charge in [0.25, 0.3) is 0 Å². The molecule has 0 aliphatic carbocycles. The molecular weight excluding hydrogens is 222 g/mol. The van der Waals surface area contributed by atoms with Gasteiger partial charge in [-0.1, -0.05) is 6.07 Å². The maximum Gasteiger partial charge on any atom is 0.225 e. The third-order valence-corrected chi connectivity index (χ3v) is 3.06. The fraction of sp³-hybridized carbons (Fsp3) is 0.300. The number of nitrogens with two attached hydrogens (primary N) is 2. The lowest BCUT2D eigenvalue weighted by Crippen LogP contribution is -2.07. The Bertz CT molecular complexity index is 434. The highest BCUT2D eigenvalue weighted by Gasteiger charge is 2.02. The van der Waals surface area contributed by atoms with Gasteiger partial charge in [0.2, 0.25) is 11.9 Å². The average Bonchev–Trinajstić information content (AvgIpc) is 2.69. The minimum atomic E-state index is 0.193.